The summed E-state index contributed by atoms with van der Waals surface area (Å²) in [6.07, 6.45) is 1.83. The molecule has 1 saturated heterocycles. The Bertz CT molecular complexity index is 925. The molecule has 138 valence electrons. The number of rotatable bonds is 4. The quantitative estimate of drug-likeness (QED) is 0.693. The second kappa shape index (κ2) is 7.79. The van der Waals surface area contributed by atoms with Gasteiger partial charge >= 0.3 is 0 Å². The number of hydrogen-bond donors (Lipinski definition) is 0. The molecule has 0 unspecified atom stereocenters. The minimum Gasteiger partial charge on any atom is -0.343 e. The van der Waals surface area contributed by atoms with E-state index in [1.165, 1.54) is 17.4 Å². The molecule has 2 aromatic heterocycles. The number of hydrogen-bond acceptors (Lipinski definition) is 6. The lowest BCUT2D eigenvalue weighted by Crippen LogP contribution is -2.49. The van der Waals surface area contributed by atoms with E-state index in [-0.39, 0.29) is 18.1 Å². The van der Waals surface area contributed by atoms with Crippen LogP contribution in [-0.4, -0.2) is 52.2 Å². The Labute approximate surface area is 160 Å². The molecule has 0 atom stereocenters. The zero-order valence-corrected chi connectivity index (χ0v) is 15.4. The van der Waals surface area contributed by atoms with Gasteiger partial charge in [-0.1, -0.05) is 35.6 Å². The number of amides is 1. The number of benzene rings is 1. The normalized spacial score (nSPS) is 14.4. The molecule has 0 aliphatic carbocycles. The first-order valence-electron chi connectivity index (χ1n) is 8.72. The van der Waals surface area contributed by atoms with Gasteiger partial charge in [0, 0.05) is 32.4 Å². The number of carbonyl (C=O) groups is 1. The minimum atomic E-state index is -0.333. The molecule has 0 N–H and O–H groups in total. The zero-order valence-electron chi connectivity index (χ0n) is 14.6. The number of piperazine rings is 1. The van der Waals surface area contributed by atoms with Gasteiger partial charge in [-0.05, 0) is 23.8 Å². The fraction of sp³-hybridized carbons (Fsp3) is 0.263. The Morgan fingerprint density at radius 1 is 1.04 bits per heavy atom. The van der Waals surface area contributed by atoms with Crippen LogP contribution in [0.4, 0.5) is 9.52 Å². The molecule has 1 aliphatic rings. The van der Waals surface area contributed by atoms with E-state index in [9.17, 15) is 9.18 Å². The lowest BCUT2D eigenvalue weighted by molar-refractivity contribution is -0.130. The molecule has 1 fully saturated rings. The van der Waals surface area contributed by atoms with Crippen LogP contribution in [-0.2, 0) is 11.2 Å². The average molecular weight is 383 g/mol. The topological polar surface area (TPSA) is 62.2 Å². The summed E-state index contributed by atoms with van der Waals surface area (Å²) < 4.78 is 13.7. The minimum absolute atomic E-state index is 0.0498. The zero-order chi connectivity index (χ0) is 18.6. The second-order valence-electron chi connectivity index (χ2n) is 6.24. The van der Waals surface area contributed by atoms with E-state index < -0.39 is 0 Å². The molecule has 8 heteroatoms. The van der Waals surface area contributed by atoms with Gasteiger partial charge in [0.1, 0.15) is 11.5 Å². The van der Waals surface area contributed by atoms with Crippen LogP contribution in [0.15, 0.2) is 48.7 Å². The first kappa shape index (κ1) is 17.5. The van der Waals surface area contributed by atoms with Crippen LogP contribution in [0, 0.1) is 5.82 Å². The van der Waals surface area contributed by atoms with Crippen LogP contribution >= 0.6 is 11.3 Å². The Morgan fingerprint density at radius 3 is 2.56 bits per heavy atom. The SMILES string of the molecule is O=C(Cc1ccccc1F)N1CCN(c2nnc(-c3ccccn3)s2)CC1. The molecule has 0 spiro atoms. The van der Waals surface area contributed by atoms with E-state index in [1.807, 2.05) is 18.2 Å². The largest absolute Gasteiger partial charge is 0.343 e. The van der Waals surface area contributed by atoms with E-state index in [0.717, 1.165) is 15.8 Å². The lowest BCUT2D eigenvalue weighted by atomic mass is 10.1. The molecule has 0 saturated carbocycles. The molecule has 4 rings (SSSR count). The lowest BCUT2D eigenvalue weighted by Gasteiger charge is -2.34. The summed E-state index contributed by atoms with van der Waals surface area (Å²) in [6.45, 7) is 2.54. The summed E-state index contributed by atoms with van der Waals surface area (Å²) >= 11 is 1.49. The van der Waals surface area contributed by atoms with Crippen molar-refractivity contribution < 1.29 is 9.18 Å². The third-order valence-corrected chi connectivity index (χ3v) is 5.51. The predicted octanol–water partition coefficient (Wildman–Crippen LogP) is 2.63. The van der Waals surface area contributed by atoms with Gasteiger partial charge in [-0.25, -0.2) is 4.39 Å². The predicted molar refractivity (Wildman–Crippen MR) is 102 cm³/mol. The summed E-state index contributed by atoms with van der Waals surface area (Å²) in [5.74, 6) is -0.383. The highest BCUT2D eigenvalue weighted by Gasteiger charge is 2.24. The number of nitrogens with zero attached hydrogens (tertiary/aromatic N) is 5. The van der Waals surface area contributed by atoms with E-state index in [0.29, 0.717) is 31.7 Å². The molecule has 27 heavy (non-hydrogen) atoms. The number of pyridine rings is 1. The summed E-state index contributed by atoms with van der Waals surface area (Å²) in [5, 5.41) is 10.1. The summed E-state index contributed by atoms with van der Waals surface area (Å²) in [7, 11) is 0. The van der Waals surface area contributed by atoms with Gasteiger partial charge in [0.15, 0.2) is 5.01 Å². The monoisotopic (exact) mass is 383 g/mol. The molecule has 1 aromatic carbocycles. The standard InChI is InChI=1S/C19H18FN5OS/c20-15-6-2-1-5-14(15)13-17(26)24-9-11-25(12-10-24)19-23-22-18(27-19)16-7-3-4-8-21-16/h1-8H,9-13H2. The van der Waals surface area contributed by atoms with Crippen molar-refractivity contribution >= 4 is 22.4 Å². The Morgan fingerprint density at radius 2 is 1.81 bits per heavy atom. The second-order valence-corrected chi connectivity index (χ2v) is 7.20. The molecule has 3 aromatic rings. The average Bonchev–Trinajstić information content (AvgIpc) is 3.21. The maximum Gasteiger partial charge on any atom is 0.227 e. The van der Waals surface area contributed by atoms with E-state index in [1.54, 1.807) is 29.3 Å². The molecular weight excluding hydrogens is 365 g/mol. The van der Waals surface area contributed by atoms with Crippen molar-refractivity contribution in [1.29, 1.82) is 0 Å². The van der Waals surface area contributed by atoms with Crippen LogP contribution in [0.2, 0.25) is 0 Å². The first-order valence-corrected chi connectivity index (χ1v) is 9.53. The van der Waals surface area contributed by atoms with Crippen LogP contribution in [0.1, 0.15) is 5.56 Å². The van der Waals surface area contributed by atoms with Gasteiger partial charge < -0.3 is 9.80 Å². The third kappa shape index (κ3) is 3.95. The van der Waals surface area contributed by atoms with Crippen molar-refractivity contribution in [2.45, 2.75) is 6.42 Å². The van der Waals surface area contributed by atoms with Crippen molar-refractivity contribution in [3.8, 4) is 10.7 Å². The summed E-state index contributed by atoms with van der Waals surface area (Å²) in [5.41, 5.74) is 1.24. The number of anilines is 1. The Kier molecular flexibility index (Phi) is 5.06. The highest BCUT2D eigenvalue weighted by atomic mass is 32.1. The van der Waals surface area contributed by atoms with E-state index >= 15 is 0 Å². The van der Waals surface area contributed by atoms with Crippen molar-refractivity contribution in [1.82, 2.24) is 20.1 Å². The molecule has 3 heterocycles. The van der Waals surface area contributed by atoms with Crippen LogP contribution in [0.5, 0.6) is 0 Å². The molecular formula is C19H18FN5OS. The van der Waals surface area contributed by atoms with Gasteiger partial charge in [0.25, 0.3) is 0 Å². The van der Waals surface area contributed by atoms with Gasteiger partial charge in [-0.2, -0.15) is 0 Å². The first-order chi connectivity index (χ1) is 13.2. The van der Waals surface area contributed by atoms with Gasteiger partial charge in [-0.3, -0.25) is 9.78 Å². The number of aromatic nitrogens is 3. The summed E-state index contributed by atoms with van der Waals surface area (Å²) in [4.78, 5) is 20.7. The molecule has 1 aliphatic heterocycles. The fourth-order valence-electron chi connectivity index (χ4n) is 3.00. The van der Waals surface area contributed by atoms with Crippen LogP contribution in [0.25, 0.3) is 10.7 Å². The van der Waals surface area contributed by atoms with Gasteiger partial charge in [0.05, 0.1) is 6.42 Å². The van der Waals surface area contributed by atoms with Crippen molar-refractivity contribution in [3.63, 3.8) is 0 Å². The highest BCUT2D eigenvalue weighted by Crippen LogP contribution is 2.27. The third-order valence-electron chi connectivity index (χ3n) is 4.50. The van der Waals surface area contributed by atoms with Crippen molar-refractivity contribution in [2.75, 3.05) is 31.1 Å². The summed E-state index contributed by atoms with van der Waals surface area (Å²) in [6, 6.07) is 12.1. The highest BCUT2D eigenvalue weighted by molar-refractivity contribution is 7.18. The van der Waals surface area contributed by atoms with Gasteiger partial charge in [0.2, 0.25) is 11.0 Å². The Hall–Kier alpha value is -2.87. The van der Waals surface area contributed by atoms with Crippen LogP contribution in [0.3, 0.4) is 0 Å². The molecule has 6 nitrogen and oxygen atoms in total. The Balaban J connectivity index is 1.36. The van der Waals surface area contributed by atoms with Crippen LogP contribution < -0.4 is 4.90 Å². The molecule has 0 bridgehead atoms. The van der Waals surface area contributed by atoms with E-state index in [2.05, 4.69) is 20.1 Å². The van der Waals surface area contributed by atoms with E-state index in [4.69, 9.17) is 0 Å². The van der Waals surface area contributed by atoms with Crippen molar-refractivity contribution in [3.05, 3.63) is 60.0 Å². The number of carbonyl (C=O) groups excluding carboxylic acids is 1. The maximum absolute atomic E-state index is 13.7. The smallest absolute Gasteiger partial charge is 0.227 e. The fourth-order valence-corrected chi connectivity index (χ4v) is 3.87. The van der Waals surface area contributed by atoms with Crippen molar-refractivity contribution in [2.24, 2.45) is 0 Å². The van der Waals surface area contributed by atoms with Gasteiger partial charge in [-0.15, -0.1) is 10.2 Å². The number of halogens is 1. The molecule has 1 amide bonds. The maximum atomic E-state index is 13.7. The molecule has 0 radical (unpaired) electrons.